The van der Waals surface area contributed by atoms with Crippen LogP contribution in [0, 0.1) is 11.7 Å². The van der Waals surface area contributed by atoms with E-state index in [1.54, 1.807) is 6.07 Å². The second-order valence-corrected chi connectivity index (χ2v) is 5.73. The van der Waals surface area contributed by atoms with E-state index in [0.29, 0.717) is 22.9 Å². The largest absolute Gasteiger partial charge is 0.390 e. The lowest BCUT2D eigenvalue weighted by atomic mass is 9.76. The summed E-state index contributed by atoms with van der Waals surface area (Å²) in [6.07, 6.45) is 4.07. The molecule has 0 atom stereocenters. The smallest absolute Gasteiger partial charge is 0.123 e. The van der Waals surface area contributed by atoms with Crippen LogP contribution in [0.3, 0.4) is 0 Å². The van der Waals surface area contributed by atoms with Crippen molar-refractivity contribution in [1.82, 2.24) is 0 Å². The zero-order valence-electron chi connectivity index (χ0n) is 10.0. The molecule has 3 heteroatoms. The van der Waals surface area contributed by atoms with Gasteiger partial charge in [0.1, 0.15) is 5.82 Å². The van der Waals surface area contributed by atoms with Gasteiger partial charge in [0.05, 0.1) is 5.60 Å². The van der Waals surface area contributed by atoms with Crippen molar-refractivity contribution in [3.8, 4) is 0 Å². The van der Waals surface area contributed by atoms with Crippen LogP contribution in [0.15, 0.2) is 18.2 Å². The highest BCUT2D eigenvalue weighted by Gasteiger charge is 2.32. The summed E-state index contributed by atoms with van der Waals surface area (Å²) < 4.78 is 13.1. The van der Waals surface area contributed by atoms with Crippen LogP contribution in [-0.2, 0) is 6.42 Å². The quantitative estimate of drug-likeness (QED) is 0.849. The maximum atomic E-state index is 13.1. The number of halogens is 2. The lowest BCUT2D eigenvalue weighted by molar-refractivity contribution is -0.00669. The van der Waals surface area contributed by atoms with Gasteiger partial charge in [-0.05, 0) is 55.4 Å². The minimum Gasteiger partial charge on any atom is -0.390 e. The fourth-order valence-corrected chi connectivity index (χ4v) is 2.69. The Bertz CT molecular complexity index is 397. The molecule has 0 spiro atoms. The number of hydrogen-bond acceptors (Lipinski definition) is 1. The monoisotopic (exact) mass is 256 g/mol. The van der Waals surface area contributed by atoms with E-state index >= 15 is 0 Å². The van der Waals surface area contributed by atoms with Crippen molar-refractivity contribution >= 4 is 11.6 Å². The van der Waals surface area contributed by atoms with Gasteiger partial charge >= 0.3 is 0 Å². The van der Waals surface area contributed by atoms with E-state index in [-0.39, 0.29) is 5.82 Å². The Morgan fingerprint density at radius 1 is 1.41 bits per heavy atom. The zero-order chi connectivity index (χ0) is 12.5. The molecule has 0 unspecified atom stereocenters. The first kappa shape index (κ1) is 12.8. The van der Waals surface area contributed by atoms with Gasteiger partial charge in [-0.15, -0.1) is 0 Å². The van der Waals surface area contributed by atoms with E-state index in [2.05, 4.69) is 6.92 Å². The average Bonchev–Trinajstić information content (AvgIpc) is 2.28. The minimum atomic E-state index is -0.704. The van der Waals surface area contributed by atoms with Crippen LogP contribution in [-0.4, -0.2) is 10.7 Å². The van der Waals surface area contributed by atoms with Crippen molar-refractivity contribution in [2.45, 2.75) is 44.6 Å². The highest BCUT2D eigenvalue weighted by Crippen LogP contribution is 2.35. The molecule has 0 heterocycles. The first-order valence-corrected chi connectivity index (χ1v) is 6.53. The third-order valence-electron chi connectivity index (χ3n) is 3.73. The van der Waals surface area contributed by atoms with Crippen LogP contribution in [0.2, 0.25) is 5.02 Å². The molecule has 1 aromatic carbocycles. The van der Waals surface area contributed by atoms with E-state index < -0.39 is 5.60 Å². The Kier molecular flexibility index (Phi) is 3.74. The molecule has 1 aliphatic carbocycles. The van der Waals surface area contributed by atoms with Gasteiger partial charge in [-0.1, -0.05) is 18.5 Å². The molecule has 2 rings (SSSR count). The molecule has 0 amide bonds. The summed E-state index contributed by atoms with van der Waals surface area (Å²) in [7, 11) is 0. The third kappa shape index (κ3) is 3.20. The summed E-state index contributed by atoms with van der Waals surface area (Å²) in [5.74, 6) is 0.385. The van der Waals surface area contributed by atoms with Gasteiger partial charge in [0, 0.05) is 11.4 Å². The highest BCUT2D eigenvalue weighted by molar-refractivity contribution is 6.31. The summed E-state index contributed by atoms with van der Waals surface area (Å²) in [5.41, 5.74) is 0.00736. The molecule has 0 bridgehead atoms. The van der Waals surface area contributed by atoms with Gasteiger partial charge in [0.25, 0.3) is 0 Å². The molecule has 17 heavy (non-hydrogen) atoms. The van der Waals surface area contributed by atoms with E-state index in [4.69, 9.17) is 11.6 Å². The number of hydrogen-bond donors (Lipinski definition) is 1. The van der Waals surface area contributed by atoms with Crippen molar-refractivity contribution in [3.63, 3.8) is 0 Å². The summed E-state index contributed by atoms with van der Waals surface area (Å²) >= 11 is 6.03. The molecular weight excluding hydrogens is 239 g/mol. The van der Waals surface area contributed by atoms with Crippen LogP contribution in [0.1, 0.15) is 38.2 Å². The predicted octanol–water partition coefficient (Wildman–Crippen LogP) is 3.96. The van der Waals surface area contributed by atoms with E-state index in [0.717, 1.165) is 25.7 Å². The lowest BCUT2D eigenvalue weighted by Gasteiger charge is -2.35. The summed E-state index contributed by atoms with van der Waals surface area (Å²) in [6, 6.07) is 4.33. The third-order valence-corrected chi connectivity index (χ3v) is 4.10. The molecule has 1 aliphatic rings. The molecular formula is C14H18ClFO. The van der Waals surface area contributed by atoms with Gasteiger partial charge in [-0.3, -0.25) is 0 Å². The van der Waals surface area contributed by atoms with Crippen LogP contribution in [0.4, 0.5) is 4.39 Å². The fourth-order valence-electron chi connectivity index (χ4n) is 2.51. The van der Waals surface area contributed by atoms with Crippen LogP contribution in [0.25, 0.3) is 0 Å². The van der Waals surface area contributed by atoms with Gasteiger partial charge in [-0.2, -0.15) is 0 Å². The lowest BCUT2D eigenvalue weighted by Crippen LogP contribution is -2.35. The molecule has 0 radical (unpaired) electrons. The molecule has 1 saturated carbocycles. The maximum absolute atomic E-state index is 13.1. The van der Waals surface area contributed by atoms with Crippen molar-refractivity contribution < 1.29 is 9.50 Å². The maximum Gasteiger partial charge on any atom is 0.123 e. The van der Waals surface area contributed by atoms with Gasteiger partial charge in [0.2, 0.25) is 0 Å². The molecule has 1 aromatic rings. The second kappa shape index (κ2) is 4.95. The summed E-state index contributed by atoms with van der Waals surface area (Å²) in [6.45, 7) is 2.20. The van der Waals surface area contributed by atoms with Crippen molar-refractivity contribution in [1.29, 1.82) is 0 Å². The zero-order valence-corrected chi connectivity index (χ0v) is 10.8. The molecule has 94 valence electrons. The Hall–Kier alpha value is -0.600. The first-order valence-electron chi connectivity index (χ1n) is 6.15. The molecule has 1 fully saturated rings. The van der Waals surface area contributed by atoms with Crippen molar-refractivity contribution in [2.75, 3.05) is 0 Å². The Labute approximate surface area is 107 Å². The summed E-state index contributed by atoms with van der Waals surface area (Å²) in [4.78, 5) is 0. The topological polar surface area (TPSA) is 20.2 Å². The standard InChI is InChI=1S/C14H18ClFO/c1-10-4-6-14(17,7-5-10)9-11-8-12(16)2-3-13(11)15/h2-3,8,10,17H,4-7,9H2,1H3. The molecule has 1 nitrogen and oxygen atoms in total. The molecule has 1 N–H and O–H groups in total. The normalized spacial score (nSPS) is 29.3. The Morgan fingerprint density at radius 2 is 2.06 bits per heavy atom. The van der Waals surface area contributed by atoms with Gasteiger partial charge < -0.3 is 5.11 Å². The Balaban J connectivity index is 2.12. The predicted molar refractivity (Wildman–Crippen MR) is 67.7 cm³/mol. The highest BCUT2D eigenvalue weighted by atomic mass is 35.5. The average molecular weight is 257 g/mol. The van der Waals surface area contributed by atoms with E-state index in [9.17, 15) is 9.50 Å². The van der Waals surface area contributed by atoms with E-state index in [1.165, 1.54) is 12.1 Å². The SMILES string of the molecule is CC1CCC(O)(Cc2cc(F)ccc2Cl)CC1. The number of benzene rings is 1. The fraction of sp³-hybridized carbons (Fsp3) is 0.571. The summed E-state index contributed by atoms with van der Waals surface area (Å²) in [5, 5.41) is 11.0. The first-order chi connectivity index (χ1) is 7.98. The molecule has 0 aromatic heterocycles. The number of aliphatic hydroxyl groups is 1. The van der Waals surface area contributed by atoms with Crippen molar-refractivity contribution in [3.05, 3.63) is 34.6 Å². The van der Waals surface area contributed by atoms with Gasteiger partial charge in [0.15, 0.2) is 0 Å². The van der Waals surface area contributed by atoms with Gasteiger partial charge in [-0.25, -0.2) is 4.39 Å². The van der Waals surface area contributed by atoms with Crippen molar-refractivity contribution in [2.24, 2.45) is 5.92 Å². The molecule has 0 saturated heterocycles. The van der Waals surface area contributed by atoms with Crippen LogP contribution < -0.4 is 0 Å². The van der Waals surface area contributed by atoms with Crippen LogP contribution >= 0.6 is 11.6 Å². The van der Waals surface area contributed by atoms with E-state index in [1.807, 2.05) is 0 Å². The Morgan fingerprint density at radius 3 is 2.71 bits per heavy atom. The number of rotatable bonds is 2. The minimum absolute atomic E-state index is 0.294. The molecule has 0 aliphatic heterocycles. The second-order valence-electron chi connectivity index (χ2n) is 5.32. The van der Waals surface area contributed by atoms with Crippen LogP contribution in [0.5, 0.6) is 0 Å².